The first kappa shape index (κ1) is 10.1. The van der Waals surface area contributed by atoms with Gasteiger partial charge in [0.25, 0.3) is 0 Å². The minimum absolute atomic E-state index is 0.566. The van der Waals surface area contributed by atoms with Crippen molar-refractivity contribution >= 4 is 11.3 Å². The molecule has 3 heteroatoms. The van der Waals surface area contributed by atoms with Crippen LogP contribution in [0.5, 0.6) is 0 Å². The van der Waals surface area contributed by atoms with Gasteiger partial charge in [0, 0.05) is 17.5 Å². The molecule has 1 fully saturated rings. The van der Waals surface area contributed by atoms with Crippen molar-refractivity contribution in [2.24, 2.45) is 5.73 Å². The Bertz CT molecular complexity index is 252. The van der Waals surface area contributed by atoms with Gasteiger partial charge in [-0.3, -0.25) is 4.90 Å². The number of nitrogens with zero attached hydrogens (tertiary/aromatic N) is 1. The van der Waals surface area contributed by atoms with Crippen LogP contribution in [-0.2, 0) is 6.42 Å². The number of nitrogens with two attached hydrogens (primary N) is 1. The summed E-state index contributed by atoms with van der Waals surface area (Å²) < 4.78 is 0. The molecule has 2 nitrogen and oxygen atoms in total. The van der Waals surface area contributed by atoms with E-state index >= 15 is 0 Å². The van der Waals surface area contributed by atoms with Crippen LogP contribution in [0.3, 0.4) is 0 Å². The van der Waals surface area contributed by atoms with Crippen LogP contribution in [0.15, 0.2) is 17.5 Å². The van der Waals surface area contributed by atoms with E-state index in [2.05, 4.69) is 22.4 Å². The summed E-state index contributed by atoms with van der Waals surface area (Å²) in [7, 11) is 0. The maximum atomic E-state index is 5.83. The van der Waals surface area contributed by atoms with Gasteiger partial charge >= 0.3 is 0 Å². The summed E-state index contributed by atoms with van der Waals surface area (Å²) in [5.74, 6) is 0. The third-order valence-electron chi connectivity index (χ3n) is 2.95. The number of thiophene rings is 1. The lowest BCUT2D eigenvalue weighted by molar-refractivity contribution is 0.247. The average Bonchev–Trinajstić information content (AvgIpc) is 2.86. The number of hydrogen-bond donors (Lipinski definition) is 1. The van der Waals surface area contributed by atoms with Crippen molar-refractivity contribution in [1.82, 2.24) is 4.90 Å². The maximum absolute atomic E-state index is 5.83. The lowest BCUT2D eigenvalue weighted by Gasteiger charge is -2.25. The van der Waals surface area contributed by atoms with Crippen molar-refractivity contribution in [3.63, 3.8) is 0 Å². The summed E-state index contributed by atoms with van der Waals surface area (Å²) in [5.41, 5.74) is 5.83. The smallest absolute Gasteiger partial charge is 0.0266 e. The van der Waals surface area contributed by atoms with Crippen molar-refractivity contribution in [2.45, 2.75) is 25.3 Å². The van der Waals surface area contributed by atoms with E-state index in [4.69, 9.17) is 5.73 Å². The molecule has 0 aliphatic carbocycles. The van der Waals surface area contributed by atoms with E-state index in [0.29, 0.717) is 6.04 Å². The zero-order valence-electron chi connectivity index (χ0n) is 8.48. The summed E-state index contributed by atoms with van der Waals surface area (Å²) in [5, 5.41) is 2.15. The summed E-state index contributed by atoms with van der Waals surface area (Å²) in [6.07, 6.45) is 3.83. The largest absolute Gasteiger partial charge is 0.329 e. The van der Waals surface area contributed by atoms with Crippen molar-refractivity contribution in [3.05, 3.63) is 22.4 Å². The predicted octanol–water partition coefficient (Wildman–Crippen LogP) is 1.71. The highest BCUT2D eigenvalue weighted by atomic mass is 32.1. The van der Waals surface area contributed by atoms with E-state index in [1.165, 1.54) is 30.8 Å². The molecule has 1 aromatic rings. The minimum atomic E-state index is 0.566. The van der Waals surface area contributed by atoms with Gasteiger partial charge in [-0.05, 0) is 43.8 Å². The Morgan fingerprint density at radius 2 is 2.21 bits per heavy atom. The third kappa shape index (κ3) is 2.35. The van der Waals surface area contributed by atoms with Gasteiger partial charge in [0.05, 0.1) is 0 Å². The first-order valence-corrected chi connectivity index (χ1v) is 6.24. The molecule has 0 spiro atoms. The van der Waals surface area contributed by atoms with Crippen LogP contribution in [0.4, 0.5) is 0 Å². The molecule has 1 aliphatic rings. The van der Waals surface area contributed by atoms with Crippen LogP contribution in [-0.4, -0.2) is 30.6 Å². The van der Waals surface area contributed by atoms with Gasteiger partial charge in [0.2, 0.25) is 0 Å². The monoisotopic (exact) mass is 210 g/mol. The van der Waals surface area contributed by atoms with Gasteiger partial charge in [-0.25, -0.2) is 0 Å². The third-order valence-corrected chi connectivity index (χ3v) is 3.84. The molecule has 1 aliphatic heterocycles. The molecule has 2 rings (SSSR count). The highest BCUT2D eigenvalue weighted by Gasteiger charge is 2.20. The van der Waals surface area contributed by atoms with Gasteiger partial charge in [-0.1, -0.05) is 6.07 Å². The number of hydrogen-bond acceptors (Lipinski definition) is 3. The molecule has 0 radical (unpaired) electrons. The van der Waals surface area contributed by atoms with Crippen molar-refractivity contribution in [1.29, 1.82) is 0 Å². The normalized spacial score (nSPS) is 20.1. The Kier molecular flexibility index (Phi) is 3.56. The molecule has 78 valence electrons. The van der Waals surface area contributed by atoms with Crippen LogP contribution in [0.25, 0.3) is 0 Å². The molecule has 1 aromatic heterocycles. The highest BCUT2D eigenvalue weighted by Crippen LogP contribution is 2.17. The Morgan fingerprint density at radius 1 is 1.43 bits per heavy atom. The second kappa shape index (κ2) is 4.91. The molecule has 14 heavy (non-hydrogen) atoms. The predicted molar refractivity (Wildman–Crippen MR) is 61.7 cm³/mol. The van der Waals surface area contributed by atoms with Gasteiger partial charge in [-0.2, -0.15) is 0 Å². The van der Waals surface area contributed by atoms with E-state index in [0.717, 1.165) is 13.0 Å². The summed E-state index contributed by atoms with van der Waals surface area (Å²) in [6, 6.07) is 4.90. The second-order valence-corrected chi connectivity index (χ2v) is 4.95. The van der Waals surface area contributed by atoms with Gasteiger partial charge < -0.3 is 5.73 Å². The molecule has 2 N–H and O–H groups in total. The van der Waals surface area contributed by atoms with Crippen molar-refractivity contribution < 1.29 is 0 Å². The van der Waals surface area contributed by atoms with Gasteiger partial charge in [0.1, 0.15) is 0 Å². The van der Waals surface area contributed by atoms with Crippen LogP contribution in [0, 0.1) is 0 Å². The summed E-state index contributed by atoms with van der Waals surface area (Å²) >= 11 is 1.84. The van der Waals surface area contributed by atoms with Crippen LogP contribution in [0.1, 0.15) is 17.7 Å². The first-order valence-electron chi connectivity index (χ1n) is 5.36. The first-order chi connectivity index (χ1) is 6.90. The van der Waals surface area contributed by atoms with E-state index in [-0.39, 0.29) is 0 Å². The SMILES string of the molecule is NCC(Cc1cccs1)N1CCCC1. The molecule has 1 unspecified atom stereocenters. The van der Waals surface area contributed by atoms with Crippen LogP contribution < -0.4 is 5.73 Å². The number of rotatable bonds is 4. The Labute approximate surface area is 89.7 Å². The lowest BCUT2D eigenvalue weighted by Crippen LogP contribution is -2.40. The van der Waals surface area contributed by atoms with Crippen molar-refractivity contribution in [2.75, 3.05) is 19.6 Å². The molecule has 1 atom stereocenters. The minimum Gasteiger partial charge on any atom is -0.329 e. The molecular formula is C11H18N2S. The fraction of sp³-hybridized carbons (Fsp3) is 0.636. The van der Waals surface area contributed by atoms with E-state index in [1.54, 1.807) is 0 Å². The average molecular weight is 210 g/mol. The van der Waals surface area contributed by atoms with Crippen molar-refractivity contribution in [3.8, 4) is 0 Å². The fourth-order valence-corrected chi connectivity index (χ4v) is 2.91. The molecule has 0 saturated carbocycles. The fourth-order valence-electron chi connectivity index (χ4n) is 2.13. The lowest BCUT2D eigenvalue weighted by atomic mass is 10.1. The Balaban J connectivity index is 1.92. The molecule has 1 saturated heterocycles. The van der Waals surface area contributed by atoms with Crippen LogP contribution >= 0.6 is 11.3 Å². The molecule has 2 heterocycles. The van der Waals surface area contributed by atoms with Crippen LogP contribution in [0.2, 0.25) is 0 Å². The molecular weight excluding hydrogens is 192 g/mol. The number of likely N-dealkylation sites (tertiary alicyclic amines) is 1. The van der Waals surface area contributed by atoms with E-state index in [9.17, 15) is 0 Å². The molecule has 0 amide bonds. The Morgan fingerprint density at radius 3 is 2.79 bits per heavy atom. The zero-order chi connectivity index (χ0) is 9.80. The Hall–Kier alpha value is -0.380. The maximum Gasteiger partial charge on any atom is 0.0266 e. The van der Waals surface area contributed by atoms with E-state index in [1.807, 2.05) is 11.3 Å². The van der Waals surface area contributed by atoms with E-state index < -0.39 is 0 Å². The van der Waals surface area contributed by atoms with Gasteiger partial charge in [-0.15, -0.1) is 11.3 Å². The molecule has 0 bridgehead atoms. The summed E-state index contributed by atoms with van der Waals surface area (Å²) in [6.45, 7) is 3.28. The second-order valence-electron chi connectivity index (χ2n) is 3.92. The highest BCUT2D eigenvalue weighted by molar-refractivity contribution is 7.09. The molecule has 0 aromatic carbocycles. The topological polar surface area (TPSA) is 29.3 Å². The quantitative estimate of drug-likeness (QED) is 0.820. The zero-order valence-corrected chi connectivity index (χ0v) is 9.30. The standard InChI is InChI=1S/C11H18N2S/c12-9-10(13-5-1-2-6-13)8-11-4-3-7-14-11/h3-4,7,10H,1-2,5-6,8-9,12H2. The summed E-state index contributed by atoms with van der Waals surface area (Å²) in [4.78, 5) is 4.01. The van der Waals surface area contributed by atoms with Gasteiger partial charge in [0.15, 0.2) is 0 Å².